The normalized spacial score (nSPS) is 14.4. The van der Waals surface area contributed by atoms with Gasteiger partial charge in [0.1, 0.15) is 6.10 Å². The summed E-state index contributed by atoms with van der Waals surface area (Å²) >= 11 is 0. The Balaban J connectivity index is 4.84. The van der Waals surface area contributed by atoms with Gasteiger partial charge in [-0.3, -0.25) is 9.59 Å². The standard InChI is InChI=1S/C57H91NO5/c1-4-7-10-13-16-19-22-25-28-30-33-36-39-42-45-48-53(63-57(62)50-47-44-41-38-35-32-29-26-23-20-17-14-11-8-5-2)51-56(61)58-54(52-59)55(60)49-46-43-40-37-34-31-27-24-21-18-15-12-9-6-3/h7-8,10-11,13-14,16-17,19-20,22-23,25-26,28-30,32-33,35-36,39,53-55,59-60H,4-6,9,12,15,18,21,24,27,31,34,37-38,40-52H2,1-3H3,(H,58,61)/b10-7-,11-8+,16-13+,17-14+,22-19+,23-20-,28-25-,29-26-,33-30+,35-32+,39-36+. The highest BCUT2D eigenvalue weighted by atomic mass is 16.5. The molecule has 0 saturated carbocycles. The van der Waals surface area contributed by atoms with Crippen molar-refractivity contribution in [2.75, 3.05) is 6.61 Å². The van der Waals surface area contributed by atoms with Crippen LogP contribution in [0, 0.1) is 0 Å². The molecule has 6 heteroatoms. The molecule has 0 aliphatic heterocycles. The van der Waals surface area contributed by atoms with Crippen LogP contribution < -0.4 is 5.32 Å². The fourth-order valence-electron chi connectivity index (χ4n) is 6.78. The van der Waals surface area contributed by atoms with Crippen molar-refractivity contribution in [3.8, 4) is 0 Å². The molecule has 1 amide bonds. The molecule has 0 saturated heterocycles. The lowest BCUT2D eigenvalue weighted by Gasteiger charge is -2.24. The minimum atomic E-state index is -0.825. The molecular weight excluding hydrogens is 779 g/mol. The number of nitrogens with one attached hydrogen (secondary N) is 1. The van der Waals surface area contributed by atoms with Crippen LogP contribution in [0.5, 0.6) is 0 Å². The lowest BCUT2D eigenvalue weighted by Crippen LogP contribution is -2.46. The van der Waals surface area contributed by atoms with Crippen molar-refractivity contribution in [1.29, 1.82) is 0 Å². The Morgan fingerprint density at radius 2 is 0.873 bits per heavy atom. The molecule has 3 N–H and O–H groups in total. The Morgan fingerprint density at radius 1 is 0.476 bits per heavy atom. The van der Waals surface area contributed by atoms with Crippen LogP contribution in [-0.4, -0.2) is 46.9 Å². The third kappa shape index (κ3) is 44.4. The van der Waals surface area contributed by atoms with Crippen molar-refractivity contribution in [3.05, 3.63) is 134 Å². The van der Waals surface area contributed by atoms with Gasteiger partial charge in [0.2, 0.25) is 5.91 Å². The molecule has 63 heavy (non-hydrogen) atoms. The van der Waals surface area contributed by atoms with E-state index in [1.807, 2.05) is 109 Å². The number of carbonyl (C=O) groups excluding carboxylic acids is 2. The van der Waals surface area contributed by atoms with Crippen LogP contribution in [0.3, 0.4) is 0 Å². The van der Waals surface area contributed by atoms with Crippen molar-refractivity contribution < 1.29 is 24.5 Å². The van der Waals surface area contributed by atoms with Gasteiger partial charge in [-0.05, 0) is 57.8 Å². The van der Waals surface area contributed by atoms with Crippen LogP contribution in [0.25, 0.3) is 0 Å². The minimum Gasteiger partial charge on any atom is -0.462 e. The maximum Gasteiger partial charge on any atom is 0.306 e. The Kier molecular flexibility index (Phi) is 45.9. The molecule has 6 nitrogen and oxygen atoms in total. The van der Waals surface area contributed by atoms with Gasteiger partial charge in [0.15, 0.2) is 0 Å². The van der Waals surface area contributed by atoms with Crippen molar-refractivity contribution in [2.24, 2.45) is 0 Å². The number of hydrogen-bond donors (Lipinski definition) is 3. The number of hydrogen-bond acceptors (Lipinski definition) is 5. The fraction of sp³-hybridized carbons (Fsp3) is 0.579. The van der Waals surface area contributed by atoms with Gasteiger partial charge in [0, 0.05) is 6.42 Å². The summed E-state index contributed by atoms with van der Waals surface area (Å²) in [5.41, 5.74) is 0. The average molecular weight is 870 g/mol. The summed E-state index contributed by atoms with van der Waals surface area (Å²) in [5, 5.41) is 23.7. The summed E-state index contributed by atoms with van der Waals surface area (Å²) in [6.07, 6.45) is 69.3. The third-order valence-electron chi connectivity index (χ3n) is 10.5. The van der Waals surface area contributed by atoms with E-state index in [4.69, 9.17) is 4.74 Å². The van der Waals surface area contributed by atoms with E-state index < -0.39 is 18.2 Å². The second-order valence-corrected chi connectivity index (χ2v) is 16.4. The van der Waals surface area contributed by atoms with E-state index >= 15 is 0 Å². The molecule has 0 bridgehead atoms. The van der Waals surface area contributed by atoms with E-state index in [0.29, 0.717) is 19.3 Å². The van der Waals surface area contributed by atoms with Gasteiger partial charge in [-0.25, -0.2) is 0 Å². The molecule has 3 atom stereocenters. The van der Waals surface area contributed by atoms with Crippen LogP contribution in [-0.2, 0) is 14.3 Å². The van der Waals surface area contributed by atoms with Crippen LogP contribution >= 0.6 is 0 Å². The highest BCUT2D eigenvalue weighted by Gasteiger charge is 2.24. The number of aliphatic hydroxyl groups is 2. The summed E-state index contributed by atoms with van der Waals surface area (Å²) in [6.45, 7) is 6.15. The topological polar surface area (TPSA) is 95.9 Å². The summed E-state index contributed by atoms with van der Waals surface area (Å²) in [5.74, 6) is -0.614. The third-order valence-corrected chi connectivity index (χ3v) is 10.5. The van der Waals surface area contributed by atoms with Gasteiger partial charge in [-0.15, -0.1) is 0 Å². The van der Waals surface area contributed by atoms with Gasteiger partial charge in [-0.1, -0.05) is 251 Å². The molecule has 0 aromatic carbocycles. The first-order valence-corrected chi connectivity index (χ1v) is 25.1. The maximum atomic E-state index is 13.2. The van der Waals surface area contributed by atoms with Gasteiger partial charge < -0.3 is 20.3 Å². The highest BCUT2D eigenvalue weighted by molar-refractivity contribution is 5.77. The summed E-state index contributed by atoms with van der Waals surface area (Å²) in [7, 11) is 0. The summed E-state index contributed by atoms with van der Waals surface area (Å²) in [6, 6.07) is -0.745. The molecule has 0 aromatic heterocycles. The van der Waals surface area contributed by atoms with Gasteiger partial charge in [0.25, 0.3) is 0 Å². The fourth-order valence-corrected chi connectivity index (χ4v) is 6.78. The number of esters is 1. The molecule has 0 rings (SSSR count). The number of aliphatic hydroxyl groups excluding tert-OH is 2. The monoisotopic (exact) mass is 870 g/mol. The molecular formula is C57H91NO5. The number of amides is 1. The zero-order valence-electron chi connectivity index (χ0n) is 40.1. The first-order valence-electron chi connectivity index (χ1n) is 25.1. The van der Waals surface area contributed by atoms with Crippen LogP contribution in [0.15, 0.2) is 134 Å². The Bertz CT molecular complexity index is 1390. The largest absolute Gasteiger partial charge is 0.462 e. The van der Waals surface area contributed by atoms with Crippen molar-refractivity contribution in [3.63, 3.8) is 0 Å². The molecule has 0 heterocycles. The van der Waals surface area contributed by atoms with Gasteiger partial charge in [-0.2, -0.15) is 0 Å². The quantitative estimate of drug-likeness (QED) is 0.0323. The Labute approximate surface area is 386 Å². The van der Waals surface area contributed by atoms with E-state index in [0.717, 1.165) is 70.6 Å². The molecule has 0 aliphatic rings. The lowest BCUT2D eigenvalue weighted by molar-refractivity contribution is -0.151. The van der Waals surface area contributed by atoms with E-state index in [9.17, 15) is 19.8 Å². The predicted molar refractivity (Wildman–Crippen MR) is 273 cm³/mol. The van der Waals surface area contributed by atoms with Crippen LogP contribution in [0.4, 0.5) is 0 Å². The second-order valence-electron chi connectivity index (χ2n) is 16.4. The van der Waals surface area contributed by atoms with Gasteiger partial charge in [0.05, 0.1) is 25.2 Å². The zero-order chi connectivity index (χ0) is 45.9. The molecule has 0 aliphatic carbocycles. The first kappa shape index (κ1) is 59.0. The molecule has 0 spiro atoms. The molecule has 354 valence electrons. The average Bonchev–Trinajstić information content (AvgIpc) is 3.28. The van der Waals surface area contributed by atoms with E-state index in [-0.39, 0.29) is 24.9 Å². The second kappa shape index (κ2) is 49.0. The first-order chi connectivity index (χ1) is 31.0. The number of carbonyl (C=O) groups is 2. The molecule has 0 radical (unpaired) electrons. The SMILES string of the molecule is CC\C=C/C=C/C=C/C=C\C=C\C=C\CCCC(CC(=O)NC(CO)C(O)CCCCCCCCCCCCCCCC)OC(=O)CCCCC/C=C/C=C\C=C/C=C/C=C/CC. The smallest absolute Gasteiger partial charge is 0.306 e. The zero-order valence-corrected chi connectivity index (χ0v) is 40.1. The number of unbranched alkanes of at least 4 members (excludes halogenated alkanes) is 17. The van der Waals surface area contributed by atoms with E-state index in [2.05, 4.69) is 50.4 Å². The van der Waals surface area contributed by atoms with Crippen LogP contribution in [0.2, 0.25) is 0 Å². The number of rotatable bonds is 42. The summed E-state index contributed by atoms with van der Waals surface area (Å²) < 4.78 is 5.87. The molecule has 0 aromatic rings. The Hall–Kier alpha value is -4.00. The highest BCUT2D eigenvalue weighted by Crippen LogP contribution is 2.16. The van der Waals surface area contributed by atoms with E-state index in [1.54, 1.807) is 0 Å². The predicted octanol–water partition coefficient (Wildman–Crippen LogP) is 15.1. The van der Waals surface area contributed by atoms with Gasteiger partial charge >= 0.3 is 5.97 Å². The van der Waals surface area contributed by atoms with Crippen molar-refractivity contribution in [2.45, 2.75) is 206 Å². The molecule has 0 fully saturated rings. The van der Waals surface area contributed by atoms with E-state index in [1.165, 1.54) is 70.6 Å². The Morgan fingerprint density at radius 3 is 1.32 bits per heavy atom. The lowest BCUT2D eigenvalue weighted by atomic mass is 10.0. The molecule has 3 unspecified atom stereocenters. The number of ether oxygens (including phenoxy) is 1. The minimum absolute atomic E-state index is 0.000476. The maximum absolute atomic E-state index is 13.2. The van der Waals surface area contributed by atoms with Crippen molar-refractivity contribution >= 4 is 11.9 Å². The summed E-state index contributed by atoms with van der Waals surface area (Å²) in [4.78, 5) is 26.1. The number of allylic oxidation sites excluding steroid dienone is 22. The van der Waals surface area contributed by atoms with Crippen molar-refractivity contribution in [1.82, 2.24) is 5.32 Å². The van der Waals surface area contributed by atoms with Crippen LogP contribution in [0.1, 0.15) is 188 Å².